The van der Waals surface area contributed by atoms with E-state index in [1.54, 1.807) is 24.2 Å². The van der Waals surface area contributed by atoms with Crippen LogP contribution in [0.5, 0.6) is 0 Å². The number of hydrogen-bond acceptors (Lipinski definition) is 9. The number of aromatic nitrogens is 3. The molecule has 5 aromatic rings. The van der Waals surface area contributed by atoms with E-state index in [4.69, 9.17) is 10.5 Å². The van der Waals surface area contributed by atoms with Gasteiger partial charge in [0.25, 0.3) is 11.8 Å². The second-order valence-electron chi connectivity index (χ2n) is 9.47. The molecule has 1 saturated heterocycles. The number of nitrogens with two attached hydrogens (primary N) is 1. The number of anilines is 3. The van der Waals surface area contributed by atoms with Crippen molar-refractivity contribution in [1.82, 2.24) is 20.3 Å². The molecule has 1 fully saturated rings. The monoisotopic (exact) mass is 572 g/mol. The summed E-state index contributed by atoms with van der Waals surface area (Å²) in [4.78, 5) is 41.7. The quantitative estimate of drug-likeness (QED) is 0.271. The van der Waals surface area contributed by atoms with Gasteiger partial charge in [0.15, 0.2) is 11.6 Å². The summed E-state index contributed by atoms with van der Waals surface area (Å²) in [6.45, 7) is 1.00. The summed E-state index contributed by atoms with van der Waals surface area (Å²) in [6, 6.07) is 14.0. The summed E-state index contributed by atoms with van der Waals surface area (Å²) >= 11 is 1.47. The highest BCUT2D eigenvalue weighted by Gasteiger charge is 2.26. The number of carbonyl (C=O) groups is 2. The first kappa shape index (κ1) is 26.4. The number of benzene rings is 2. The highest BCUT2D eigenvalue weighted by atomic mass is 32.1. The first-order valence-corrected chi connectivity index (χ1v) is 13.3. The molecule has 9 nitrogen and oxygen atoms in total. The fourth-order valence-electron chi connectivity index (χ4n) is 4.44. The fourth-order valence-corrected chi connectivity index (χ4v) is 5.40. The zero-order chi connectivity index (χ0) is 28.7. The SMILES string of the molecule is CN(c1ccc(-c2ccc3ncnc(N)c3c2)s1)c1ncc(C2COC2)cc1C(=O)NC(=O)c1ccc(F)c(F)c1. The van der Waals surface area contributed by atoms with Crippen molar-refractivity contribution < 1.29 is 23.1 Å². The number of amides is 2. The second kappa shape index (κ2) is 10.6. The van der Waals surface area contributed by atoms with Crippen LogP contribution in [0.25, 0.3) is 21.3 Å². The zero-order valence-corrected chi connectivity index (χ0v) is 22.4. The predicted octanol–water partition coefficient (Wildman–Crippen LogP) is 5.07. The summed E-state index contributed by atoms with van der Waals surface area (Å²) in [7, 11) is 1.77. The van der Waals surface area contributed by atoms with E-state index in [1.807, 2.05) is 30.3 Å². The van der Waals surface area contributed by atoms with Gasteiger partial charge >= 0.3 is 0 Å². The summed E-state index contributed by atoms with van der Waals surface area (Å²) in [6.07, 6.45) is 3.11. The zero-order valence-electron chi connectivity index (χ0n) is 21.6. The molecule has 0 unspecified atom stereocenters. The molecule has 0 spiro atoms. The Morgan fingerprint density at radius 1 is 1.00 bits per heavy atom. The highest BCUT2D eigenvalue weighted by molar-refractivity contribution is 7.19. The van der Waals surface area contributed by atoms with E-state index in [-0.39, 0.29) is 17.0 Å². The van der Waals surface area contributed by atoms with Gasteiger partial charge in [-0.15, -0.1) is 11.3 Å². The third kappa shape index (κ3) is 5.10. The van der Waals surface area contributed by atoms with Gasteiger partial charge in [-0.1, -0.05) is 6.07 Å². The molecule has 1 aliphatic rings. The number of halogens is 2. The second-order valence-corrected chi connectivity index (χ2v) is 10.5. The van der Waals surface area contributed by atoms with Crippen LogP contribution in [0, 0.1) is 11.6 Å². The van der Waals surface area contributed by atoms with Crippen LogP contribution < -0.4 is 16.0 Å². The summed E-state index contributed by atoms with van der Waals surface area (Å²) < 4.78 is 32.3. The molecular weight excluding hydrogens is 550 g/mol. The molecule has 2 aromatic carbocycles. The summed E-state index contributed by atoms with van der Waals surface area (Å²) in [5, 5.41) is 3.80. The number of thiophene rings is 1. The Morgan fingerprint density at radius 2 is 1.83 bits per heavy atom. The van der Waals surface area contributed by atoms with Crippen molar-refractivity contribution in [3.05, 3.63) is 95.4 Å². The van der Waals surface area contributed by atoms with Gasteiger partial charge in [0.1, 0.15) is 18.0 Å². The molecule has 206 valence electrons. The average Bonchev–Trinajstić information content (AvgIpc) is 3.44. The van der Waals surface area contributed by atoms with Gasteiger partial charge in [-0.2, -0.15) is 0 Å². The van der Waals surface area contributed by atoms with Crippen LogP contribution in [-0.2, 0) is 4.74 Å². The molecule has 0 bridgehead atoms. The molecule has 12 heteroatoms. The van der Waals surface area contributed by atoms with E-state index in [0.717, 1.165) is 50.1 Å². The largest absolute Gasteiger partial charge is 0.383 e. The molecule has 2 amide bonds. The topological polar surface area (TPSA) is 123 Å². The lowest BCUT2D eigenvalue weighted by molar-refractivity contribution is 0.00826. The van der Waals surface area contributed by atoms with Gasteiger partial charge in [-0.05, 0) is 59.7 Å². The molecule has 4 heterocycles. The van der Waals surface area contributed by atoms with Gasteiger partial charge in [0.2, 0.25) is 0 Å². The molecule has 0 atom stereocenters. The van der Waals surface area contributed by atoms with Crippen molar-refractivity contribution >= 4 is 50.7 Å². The van der Waals surface area contributed by atoms with Crippen LogP contribution in [0.3, 0.4) is 0 Å². The van der Waals surface area contributed by atoms with Crippen molar-refractivity contribution in [2.75, 3.05) is 30.9 Å². The maximum atomic E-state index is 13.7. The maximum absolute atomic E-state index is 13.7. The fraction of sp³-hybridized carbons (Fsp3) is 0.138. The van der Waals surface area contributed by atoms with Crippen LogP contribution in [0.2, 0.25) is 0 Å². The number of hydrogen-bond donors (Lipinski definition) is 2. The number of pyridine rings is 1. The molecule has 6 rings (SSSR count). The Labute approximate surface area is 236 Å². The Bertz CT molecular complexity index is 1820. The van der Waals surface area contributed by atoms with Crippen LogP contribution in [0.1, 0.15) is 32.2 Å². The smallest absolute Gasteiger partial charge is 0.261 e. The summed E-state index contributed by atoms with van der Waals surface area (Å²) in [5.74, 6) is -3.08. The Balaban J connectivity index is 1.31. The van der Waals surface area contributed by atoms with Gasteiger partial charge in [-0.3, -0.25) is 14.9 Å². The normalized spacial score (nSPS) is 13.1. The van der Waals surface area contributed by atoms with E-state index in [9.17, 15) is 18.4 Å². The Morgan fingerprint density at radius 3 is 2.59 bits per heavy atom. The molecular formula is C29H22F2N6O3S. The number of imide groups is 1. The van der Waals surface area contributed by atoms with E-state index in [0.29, 0.717) is 24.8 Å². The van der Waals surface area contributed by atoms with Gasteiger partial charge in [-0.25, -0.2) is 23.7 Å². The van der Waals surface area contributed by atoms with Gasteiger partial charge in [0, 0.05) is 35.0 Å². The van der Waals surface area contributed by atoms with E-state index in [1.165, 1.54) is 17.7 Å². The number of nitrogens with zero attached hydrogens (tertiary/aromatic N) is 4. The lowest BCUT2D eigenvalue weighted by Gasteiger charge is -2.27. The van der Waals surface area contributed by atoms with Crippen molar-refractivity contribution in [2.24, 2.45) is 0 Å². The lowest BCUT2D eigenvalue weighted by Crippen LogP contribution is -2.32. The molecule has 41 heavy (non-hydrogen) atoms. The number of carbonyl (C=O) groups excluding carboxylic acids is 2. The number of ether oxygens (including phenoxy) is 1. The van der Waals surface area contributed by atoms with Crippen molar-refractivity contribution in [3.8, 4) is 10.4 Å². The van der Waals surface area contributed by atoms with Crippen LogP contribution in [0.15, 0.2) is 67.1 Å². The molecule has 0 aliphatic carbocycles. The van der Waals surface area contributed by atoms with Gasteiger partial charge < -0.3 is 15.4 Å². The lowest BCUT2D eigenvalue weighted by atomic mass is 9.97. The van der Waals surface area contributed by atoms with E-state index < -0.39 is 23.4 Å². The van der Waals surface area contributed by atoms with Crippen molar-refractivity contribution in [3.63, 3.8) is 0 Å². The third-order valence-electron chi connectivity index (χ3n) is 6.84. The van der Waals surface area contributed by atoms with Crippen LogP contribution in [0.4, 0.5) is 25.4 Å². The minimum absolute atomic E-state index is 0.0768. The van der Waals surface area contributed by atoms with E-state index >= 15 is 0 Å². The summed E-state index contributed by atoms with van der Waals surface area (Å²) in [5.41, 5.74) is 8.46. The number of fused-ring (bicyclic) bond motifs is 1. The molecule has 3 N–H and O–H groups in total. The molecule has 0 saturated carbocycles. The molecule has 3 aromatic heterocycles. The maximum Gasteiger partial charge on any atom is 0.261 e. The molecule has 0 radical (unpaired) electrons. The predicted molar refractivity (Wildman–Crippen MR) is 151 cm³/mol. The average molecular weight is 573 g/mol. The van der Waals surface area contributed by atoms with Crippen molar-refractivity contribution in [1.29, 1.82) is 0 Å². The van der Waals surface area contributed by atoms with Crippen LogP contribution >= 0.6 is 11.3 Å². The number of nitrogen functional groups attached to an aromatic ring is 1. The first-order chi connectivity index (χ1) is 19.8. The Hall–Kier alpha value is -4.81. The molecule has 1 aliphatic heterocycles. The van der Waals surface area contributed by atoms with Crippen molar-refractivity contribution in [2.45, 2.75) is 5.92 Å². The minimum Gasteiger partial charge on any atom is -0.383 e. The minimum atomic E-state index is -1.19. The van der Waals surface area contributed by atoms with Gasteiger partial charge in [0.05, 0.1) is 29.3 Å². The van der Waals surface area contributed by atoms with E-state index in [2.05, 4.69) is 20.3 Å². The third-order valence-corrected chi connectivity index (χ3v) is 8.05. The Kier molecular flexibility index (Phi) is 6.85. The first-order valence-electron chi connectivity index (χ1n) is 12.5. The van der Waals surface area contributed by atoms with Crippen LogP contribution in [-0.4, -0.2) is 47.0 Å². The number of nitrogens with one attached hydrogen (secondary N) is 1. The highest BCUT2D eigenvalue weighted by Crippen LogP contribution is 2.38. The standard InChI is InChI=1S/C29H22F2N6O3S/c1-37(25-7-6-24(41-25)15-3-5-23-19(8-15)26(32)35-14-34-23)27-20(9-17(11-33-27)18-12-40-13-18)29(39)36-28(38)16-2-4-21(30)22(31)10-16/h2-11,14,18H,12-13H2,1H3,(H2,32,34,35)(H,36,38,39). The number of rotatable bonds is 6.